The number of piperidine rings is 1. The summed E-state index contributed by atoms with van der Waals surface area (Å²) in [6, 6.07) is 13.5. The van der Waals surface area contributed by atoms with Gasteiger partial charge in [-0.2, -0.15) is 0 Å². The standard InChI is InChI=1S/C23H30BrN3O3/c1-28-21-11-16(12-22(29-2)23(21)30-3)13-27-17-7-6-8-18(27)15-26(14-17)25-20-10-5-4-9-19(20)24/h4-5,9-12,17-18,25H,6-8,13-15H2,1-3H3. The van der Waals surface area contributed by atoms with Gasteiger partial charge in [-0.3, -0.25) is 4.90 Å². The first-order chi connectivity index (χ1) is 14.6. The van der Waals surface area contributed by atoms with Crippen molar-refractivity contribution in [3.05, 3.63) is 46.4 Å². The fraction of sp³-hybridized carbons (Fsp3) is 0.478. The first-order valence-electron chi connectivity index (χ1n) is 10.4. The van der Waals surface area contributed by atoms with E-state index in [9.17, 15) is 0 Å². The Labute approximate surface area is 187 Å². The van der Waals surface area contributed by atoms with E-state index in [1.165, 1.54) is 24.8 Å². The van der Waals surface area contributed by atoms with Crippen molar-refractivity contribution in [1.29, 1.82) is 0 Å². The van der Waals surface area contributed by atoms with Gasteiger partial charge in [-0.1, -0.05) is 18.6 Å². The van der Waals surface area contributed by atoms with Gasteiger partial charge in [0.25, 0.3) is 0 Å². The quantitative estimate of drug-likeness (QED) is 0.633. The third kappa shape index (κ3) is 4.38. The van der Waals surface area contributed by atoms with Gasteiger partial charge in [0.15, 0.2) is 11.5 Å². The highest BCUT2D eigenvalue weighted by molar-refractivity contribution is 9.10. The lowest BCUT2D eigenvalue weighted by Gasteiger charge is -2.50. The fourth-order valence-electron chi connectivity index (χ4n) is 4.70. The van der Waals surface area contributed by atoms with E-state index >= 15 is 0 Å². The van der Waals surface area contributed by atoms with Crippen molar-refractivity contribution in [2.24, 2.45) is 0 Å². The molecular formula is C23H30BrN3O3. The van der Waals surface area contributed by atoms with Gasteiger partial charge in [-0.05, 0) is 58.6 Å². The first kappa shape index (κ1) is 21.3. The highest BCUT2D eigenvalue weighted by Gasteiger charge is 2.37. The molecule has 0 saturated carbocycles. The van der Waals surface area contributed by atoms with E-state index in [0.717, 1.165) is 29.8 Å². The number of ether oxygens (including phenoxy) is 3. The van der Waals surface area contributed by atoms with Crippen LogP contribution in [0.1, 0.15) is 24.8 Å². The molecule has 7 heteroatoms. The molecule has 2 atom stereocenters. The molecule has 0 aliphatic carbocycles. The largest absolute Gasteiger partial charge is 0.493 e. The van der Waals surface area contributed by atoms with Crippen molar-refractivity contribution >= 4 is 21.6 Å². The molecule has 0 spiro atoms. The van der Waals surface area contributed by atoms with Crippen LogP contribution in [0.15, 0.2) is 40.9 Å². The number of hydrogen-bond donors (Lipinski definition) is 1. The lowest BCUT2D eigenvalue weighted by Crippen LogP contribution is -2.61. The van der Waals surface area contributed by atoms with Crippen LogP contribution in [0.2, 0.25) is 0 Å². The van der Waals surface area contributed by atoms with Gasteiger partial charge in [0.05, 0.1) is 27.0 Å². The Hall–Kier alpha value is -1.96. The van der Waals surface area contributed by atoms with E-state index in [1.807, 2.05) is 6.07 Å². The number of benzene rings is 2. The Morgan fingerprint density at radius 1 is 0.967 bits per heavy atom. The van der Waals surface area contributed by atoms with Crippen LogP contribution in [-0.4, -0.2) is 56.4 Å². The Morgan fingerprint density at radius 3 is 2.17 bits per heavy atom. The van der Waals surface area contributed by atoms with Gasteiger partial charge >= 0.3 is 0 Å². The molecule has 2 aromatic carbocycles. The van der Waals surface area contributed by atoms with Crippen LogP contribution in [0.5, 0.6) is 17.2 Å². The van der Waals surface area contributed by atoms with Crippen LogP contribution in [0.25, 0.3) is 0 Å². The summed E-state index contributed by atoms with van der Waals surface area (Å²) in [5.41, 5.74) is 5.92. The zero-order valence-corrected chi connectivity index (χ0v) is 19.4. The van der Waals surface area contributed by atoms with Gasteiger partial charge < -0.3 is 19.6 Å². The molecule has 1 N–H and O–H groups in total. The van der Waals surface area contributed by atoms with E-state index < -0.39 is 0 Å². The SMILES string of the molecule is COc1cc(CN2C3CCCC2CN(Nc2ccccc2Br)C3)cc(OC)c1OC. The van der Waals surface area contributed by atoms with E-state index in [-0.39, 0.29) is 0 Å². The van der Waals surface area contributed by atoms with Gasteiger partial charge in [0.1, 0.15) is 0 Å². The Balaban J connectivity index is 1.50. The van der Waals surface area contributed by atoms with Crippen molar-refractivity contribution in [1.82, 2.24) is 9.91 Å². The molecule has 2 heterocycles. The monoisotopic (exact) mass is 475 g/mol. The summed E-state index contributed by atoms with van der Waals surface area (Å²) in [7, 11) is 4.98. The molecule has 2 aromatic rings. The smallest absolute Gasteiger partial charge is 0.203 e. The Kier molecular flexibility index (Phi) is 6.71. The molecule has 6 nitrogen and oxygen atoms in total. The molecule has 0 amide bonds. The molecule has 2 aliphatic rings. The number of fused-ring (bicyclic) bond motifs is 2. The highest BCUT2D eigenvalue weighted by atomic mass is 79.9. The van der Waals surface area contributed by atoms with Crippen LogP contribution in [0, 0.1) is 0 Å². The maximum atomic E-state index is 5.55. The maximum absolute atomic E-state index is 5.55. The summed E-state index contributed by atoms with van der Waals surface area (Å²) in [4.78, 5) is 2.66. The van der Waals surface area contributed by atoms with E-state index in [0.29, 0.717) is 29.3 Å². The van der Waals surface area contributed by atoms with E-state index in [4.69, 9.17) is 14.2 Å². The van der Waals surface area contributed by atoms with Crippen LogP contribution in [0.4, 0.5) is 5.69 Å². The summed E-state index contributed by atoms with van der Waals surface area (Å²) in [6.45, 7) is 2.89. The molecule has 2 unspecified atom stereocenters. The number of piperazine rings is 1. The summed E-state index contributed by atoms with van der Waals surface area (Å²) >= 11 is 3.65. The minimum atomic E-state index is 0.520. The highest BCUT2D eigenvalue weighted by Crippen LogP contribution is 2.39. The third-order valence-corrected chi connectivity index (χ3v) is 6.81. The van der Waals surface area contributed by atoms with Gasteiger partial charge in [0.2, 0.25) is 5.75 Å². The zero-order valence-electron chi connectivity index (χ0n) is 17.9. The second-order valence-corrected chi connectivity index (χ2v) is 8.80. The van der Waals surface area contributed by atoms with Crippen LogP contribution < -0.4 is 19.6 Å². The number of hydrazine groups is 1. The molecule has 2 bridgehead atoms. The molecule has 2 aliphatic heterocycles. The number of hydrogen-bond acceptors (Lipinski definition) is 6. The molecular weight excluding hydrogens is 446 g/mol. The summed E-state index contributed by atoms with van der Waals surface area (Å²) < 4.78 is 17.7. The predicted molar refractivity (Wildman–Crippen MR) is 122 cm³/mol. The van der Waals surface area contributed by atoms with Gasteiger partial charge in [-0.25, -0.2) is 5.01 Å². The molecule has 4 rings (SSSR count). The lowest BCUT2D eigenvalue weighted by atomic mass is 9.91. The summed E-state index contributed by atoms with van der Waals surface area (Å²) in [5.74, 6) is 2.07. The normalized spacial score (nSPS) is 21.9. The second-order valence-electron chi connectivity index (χ2n) is 7.94. The number of nitrogens with zero attached hydrogens (tertiary/aromatic N) is 2. The first-order valence-corrected chi connectivity index (χ1v) is 11.2. The number of para-hydroxylation sites is 1. The molecule has 0 aromatic heterocycles. The number of anilines is 1. The topological polar surface area (TPSA) is 46.2 Å². The summed E-state index contributed by atoms with van der Waals surface area (Å²) in [5, 5.41) is 2.38. The van der Waals surface area contributed by atoms with Crippen molar-refractivity contribution in [2.45, 2.75) is 37.9 Å². The van der Waals surface area contributed by atoms with Crippen molar-refractivity contribution < 1.29 is 14.2 Å². The summed E-state index contributed by atoms with van der Waals surface area (Å²) in [6.07, 6.45) is 3.73. The van der Waals surface area contributed by atoms with Crippen molar-refractivity contribution in [3.63, 3.8) is 0 Å². The second kappa shape index (κ2) is 9.45. The van der Waals surface area contributed by atoms with Gasteiger partial charge in [0, 0.05) is 36.2 Å². The molecule has 30 heavy (non-hydrogen) atoms. The molecule has 2 fully saturated rings. The van der Waals surface area contributed by atoms with E-state index in [1.54, 1.807) is 21.3 Å². The zero-order chi connectivity index (χ0) is 21.1. The van der Waals surface area contributed by atoms with Crippen LogP contribution in [0.3, 0.4) is 0 Å². The fourth-order valence-corrected chi connectivity index (χ4v) is 5.08. The average Bonchev–Trinajstić information content (AvgIpc) is 2.75. The van der Waals surface area contributed by atoms with Crippen LogP contribution in [-0.2, 0) is 6.54 Å². The number of nitrogens with one attached hydrogen (secondary N) is 1. The Morgan fingerprint density at radius 2 is 1.60 bits per heavy atom. The Bertz CT molecular complexity index is 840. The maximum Gasteiger partial charge on any atom is 0.203 e. The van der Waals surface area contributed by atoms with Crippen molar-refractivity contribution in [3.8, 4) is 17.2 Å². The lowest BCUT2D eigenvalue weighted by molar-refractivity contribution is -0.00549. The number of methoxy groups -OCH3 is 3. The minimum Gasteiger partial charge on any atom is -0.493 e. The molecule has 2 saturated heterocycles. The van der Waals surface area contributed by atoms with Crippen LogP contribution >= 0.6 is 15.9 Å². The average molecular weight is 476 g/mol. The minimum absolute atomic E-state index is 0.520. The molecule has 162 valence electrons. The van der Waals surface area contributed by atoms with Gasteiger partial charge in [-0.15, -0.1) is 0 Å². The molecule has 0 radical (unpaired) electrons. The number of rotatable bonds is 7. The predicted octanol–water partition coefficient (Wildman–Crippen LogP) is 4.54. The van der Waals surface area contributed by atoms with Crippen molar-refractivity contribution in [2.75, 3.05) is 39.8 Å². The number of halogens is 1. The third-order valence-electron chi connectivity index (χ3n) is 6.12. The van der Waals surface area contributed by atoms with E-state index in [2.05, 4.69) is 61.6 Å².